The topological polar surface area (TPSA) is 29.5 Å². The predicted octanol–water partition coefficient (Wildman–Crippen LogP) is 10.4. The van der Waals surface area contributed by atoms with E-state index in [0.29, 0.717) is 0 Å². The highest BCUT2D eigenvalue weighted by Gasteiger charge is 2.21. The highest BCUT2D eigenvalue weighted by Crippen LogP contribution is 2.44. The van der Waals surface area contributed by atoms with E-state index in [1.807, 2.05) is 6.07 Å². The molecule has 38 heavy (non-hydrogen) atoms. The Morgan fingerprint density at radius 2 is 1.24 bits per heavy atom. The average molecular weight is 490 g/mol. The van der Waals surface area contributed by atoms with Crippen LogP contribution >= 0.6 is 0 Å². The zero-order chi connectivity index (χ0) is 25.2. The molecule has 180 valence electrons. The van der Waals surface area contributed by atoms with Crippen molar-refractivity contribution >= 4 is 71.7 Å². The Kier molecular flexibility index (Phi) is 4.44. The fraction of sp³-hybridized carbons (Fsp3) is 0.0286. The van der Waals surface area contributed by atoms with E-state index in [9.17, 15) is 0 Å². The lowest BCUT2D eigenvalue weighted by Gasteiger charge is -2.25. The molecule has 2 aromatic heterocycles. The van der Waals surface area contributed by atoms with Gasteiger partial charge in [-0.25, -0.2) is 0 Å². The Bertz CT molecular complexity index is 2150. The first kappa shape index (κ1) is 21.1. The van der Waals surface area contributed by atoms with E-state index >= 15 is 0 Å². The highest BCUT2D eigenvalue weighted by atomic mass is 16.3. The van der Waals surface area contributed by atoms with Crippen molar-refractivity contribution in [2.75, 3.05) is 4.90 Å². The minimum atomic E-state index is 0.878. The third-order valence-electron chi connectivity index (χ3n) is 7.56. The van der Waals surface area contributed by atoms with Crippen LogP contribution in [-0.4, -0.2) is 0 Å². The smallest absolute Gasteiger partial charge is 0.159 e. The number of rotatable bonds is 3. The van der Waals surface area contributed by atoms with Crippen LogP contribution in [0.5, 0.6) is 0 Å². The van der Waals surface area contributed by atoms with Crippen molar-refractivity contribution in [1.82, 2.24) is 0 Å². The zero-order valence-corrected chi connectivity index (χ0v) is 20.8. The number of hydrogen-bond acceptors (Lipinski definition) is 3. The van der Waals surface area contributed by atoms with Crippen LogP contribution in [0.1, 0.15) is 5.56 Å². The predicted molar refractivity (Wildman–Crippen MR) is 158 cm³/mol. The second kappa shape index (κ2) is 7.99. The first-order chi connectivity index (χ1) is 18.8. The van der Waals surface area contributed by atoms with Crippen molar-refractivity contribution in [3.05, 3.63) is 127 Å². The van der Waals surface area contributed by atoms with Gasteiger partial charge in [-0.2, -0.15) is 0 Å². The molecular formula is C35H23NO2. The summed E-state index contributed by atoms with van der Waals surface area (Å²) in [6.45, 7) is 2.10. The fourth-order valence-electron chi connectivity index (χ4n) is 5.80. The van der Waals surface area contributed by atoms with E-state index < -0.39 is 0 Å². The number of nitrogens with zero attached hydrogens (tertiary/aromatic N) is 1. The SMILES string of the molecule is Cc1cccc2c1oc1c(N(c3ccccc3)c3ccc4oc5ccc6ccccc6c5c4c3)cccc12. The van der Waals surface area contributed by atoms with Gasteiger partial charge in [-0.1, -0.05) is 78.9 Å². The van der Waals surface area contributed by atoms with E-state index in [1.165, 1.54) is 10.8 Å². The molecule has 0 spiro atoms. The molecule has 0 unspecified atom stereocenters. The van der Waals surface area contributed by atoms with Gasteiger partial charge in [0.05, 0.1) is 5.69 Å². The summed E-state index contributed by atoms with van der Waals surface area (Å²) in [6.07, 6.45) is 0. The molecule has 0 fully saturated rings. The second-order valence-corrected chi connectivity index (χ2v) is 9.82. The highest BCUT2D eigenvalue weighted by molar-refractivity contribution is 6.19. The number of fused-ring (bicyclic) bond motifs is 8. The van der Waals surface area contributed by atoms with Gasteiger partial charge in [-0.05, 0) is 65.7 Å². The van der Waals surface area contributed by atoms with Gasteiger partial charge in [0.15, 0.2) is 5.58 Å². The minimum Gasteiger partial charge on any atom is -0.456 e. The summed E-state index contributed by atoms with van der Waals surface area (Å²) in [5.74, 6) is 0. The number of aryl methyl sites for hydroxylation is 1. The Hall–Kier alpha value is -5.02. The van der Waals surface area contributed by atoms with Gasteiger partial charge < -0.3 is 13.7 Å². The molecule has 0 N–H and O–H groups in total. The molecule has 8 aromatic rings. The maximum absolute atomic E-state index is 6.58. The van der Waals surface area contributed by atoms with Gasteiger partial charge >= 0.3 is 0 Å². The molecule has 0 aliphatic carbocycles. The van der Waals surface area contributed by atoms with Crippen LogP contribution in [0.4, 0.5) is 17.1 Å². The van der Waals surface area contributed by atoms with Crippen molar-refractivity contribution < 1.29 is 8.83 Å². The maximum atomic E-state index is 6.58. The molecule has 0 radical (unpaired) electrons. The fourth-order valence-corrected chi connectivity index (χ4v) is 5.80. The number of furan rings is 2. The number of para-hydroxylation sites is 3. The average Bonchev–Trinajstić information content (AvgIpc) is 3.54. The Labute approximate surface area is 219 Å². The van der Waals surface area contributed by atoms with Gasteiger partial charge in [0, 0.05) is 32.9 Å². The van der Waals surface area contributed by atoms with Crippen molar-refractivity contribution in [1.29, 1.82) is 0 Å². The molecule has 0 saturated carbocycles. The molecule has 3 heteroatoms. The standard InChI is InChI=1S/C35H23NO2/c1-22-9-7-14-27-28-15-8-16-30(35(28)38-34(22)27)36(24-11-3-2-4-12-24)25-18-20-31-29(21-25)33-26-13-6-5-10-23(26)17-19-32(33)37-31/h2-21H,1H3. The van der Waals surface area contributed by atoms with Gasteiger partial charge in [-0.3, -0.25) is 0 Å². The Balaban J connectivity index is 1.44. The van der Waals surface area contributed by atoms with Crippen LogP contribution in [0.15, 0.2) is 130 Å². The van der Waals surface area contributed by atoms with Gasteiger partial charge in [-0.15, -0.1) is 0 Å². The number of benzene rings is 6. The summed E-state index contributed by atoms with van der Waals surface area (Å²) in [5.41, 5.74) is 7.84. The summed E-state index contributed by atoms with van der Waals surface area (Å²) >= 11 is 0. The van der Waals surface area contributed by atoms with Crippen LogP contribution in [0.25, 0.3) is 54.6 Å². The monoisotopic (exact) mass is 489 g/mol. The quantitative estimate of drug-likeness (QED) is 0.247. The Morgan fingerprint density at radius 1 is 0.500 bits per heavy atom. The normalized spacial score (nSPS) is 11.8. The zero-order valence-electron chi connectivity index (χ0n) is 20.8. The summed E-state index contributed by atoms with van der Waals surface area (Å²) < 4.78 is 12.9. The van der Waals surface area contributed by atoms with Crippen LogP contribution in [0.2, 0.25) is 0 Å². The van der Waals surface area contributed by atoms with Crippen molar-refractivity contribution in [2.24, 2.45) is 0 Å². The first-order valence-electron chi connectivity index (χ1n) is 12.9. The Morgan fingerprint density at radius 3 is 2.13 bits per heavy atom. The van der Waals surface area contributed by atoms with Gasteiger partial charge in [0.1, 0.15) is 16.7 Å². The first-order valence-corrected chi connectivity index (χ1v) is 12.9. The lowest BCUT2D eigenvalue weighted by molar-refractivity contribution is 0.666. The lowest BCUT2D eigenvalue weighted by Crippen LogP contribution is -2.10. The molecule has 0 amide bonds. The second-order valence-electron chi connectivity index (χ2n) is 9.82. The summed E-state index contributed by atoms with van der Waals surface area (Å²) in [4.78, 5) is 2.28. The maximum Gasteiger partial charge on any atom is 0.159 e. The van der Waals surface area contributed by atoms with E-state index in [2.05, 4.69) is 127 Å². The summed E-state index contributed by atoms with van der Waals surface area (Å²) in [6, 6.07) is 42.3. The third-order valence-corrected chi connectivity index (χ3v) is 7.56. The molecule has 8 rings (SSSR count). The van der Waals surface area contributed by atoms with E-state index in [-0.39, 0.29) is 0 Å². The summed E-state index contributed by atoms with van der Waals surface area (Å²) in [7, 11) is 0. The van der Waals surface area contributed by atoms with Crippen LogP contribution in [-0.2, 0) is 0 Å². The molecule has 0 saturated heterocycles. The van der Waals surface area contributed by atoms with Crippen molar-refractivity contribution in [2.45, 2.75) is 6.92 Å². The minimum absolute atomic E-state index is 0.878. The molecular weight excluding hydrogens is 466 g/mol. The van der Waals surface area contributed by atoms with Crippen molar-refractivity contribution in [3.8, 4) is 0 Å². The number of anilines is 3. The van der Waals surface area contributed by atoms with E-state index in [0.717, 1.165) is 66.5 Å². The van der Waals surface area contributed by atoms with Crippen LogP contribution in [0, 0.1) is 6.92 Å². The molecule has 0 bridgehead atoms. The lowest BCUT2D eigenvalue weighted by atomic mass is 10.0. The van der Waals surface area contributed by atoms with Crippen molar-refractivity contribution in [3.63, 3.8) is 0 Å². The largest absolute Gasteiger partial charge is 0.456 e. The molecule has 3 nitrogen and oxygen atoms in total. The van der Waals surface area contributed by atoms with Crippen LogP contribution < -0.4 is 4.90 Å². The molecule has 0 atom stereocenters. The number of hydrogen-bond donors (Lipinski definition) is 0. The third kappa shape index (κ3) is 3.02. The van der Waals surface area contributed by atoms with Crippen LogP contribution in [0.3, 0.4) is 0 Å². The molecule has 0 aliphatic rings. The molecule has 0 aliphatic heterocycles. The molecule has 2 heterocycles. The van der Waals surface area contributed by atoms with Gasteiger partial charge in [0.2, 0.25) is 0 Å². The molecule has 6 aromatic carbocycles. The van der Waals surface area contributed by atoms with E-state index in [1.54, 1.807) is 0 Å². The van der Waals surface area contributed by atoms with E-state index in [4.69, 9.17) is 8.83 Å². The van der Waals surface area contributed by atoms with Gasteiger partial charge in [0.25, 0.3) is 0 Å². The summed E-state index contributed by atoms with van der Waals surface area (Å²) in [5, 5.41) is 6.89.